The van der Waals surface area contributed by atoms with Gasteiger partial charge >= 0.3 is 0 Å². The van der Waals surface area contributed by atoms with E-state index in [-0.39, 0.29) is 0 Å². The predicted octanol–water partition coefficient (Wildman–Crippen LogP) is 7.13. The summed E-state index contributed by atoms with van der Waals surface area (Å²) in [6.07, 6.45) is 10.1. The topological polar surface area (TPSA) is 85.3 Å². The zero-order valence-corrected chi connectivity index (χ0v) is 22.6. The van der Waals surface area contributed by atoms with Crippen LogP contribution in [0.15, 0.2) is 73.1 Å². The minimum Gasteiger partial charge on any atom is -0.495 e. The van der Waals surface area contributed by atoms with E-state index in [1.54, 1.807) is 19.5 Å². The number of rotatable bonds is 6. The van der Waals surface area contributed by atoms with E-state index in [1.807, 2.05) is 36.4 Å². The molecular formula is C32H32N6O2. The fourth-order valence-corrected chi connectivity index (χ4v) is 6.26. The molecule has 7 rings (SSSR count). The van der Waals surface area contributed by atoms with E-state index >= 15 is 0 Å². The standard InChI is InChI=1S/C32H32N6O2/c1-39-25-18-28-30(34-19-25)29(14-16-33-28)40-24-12-10-23(11-13-24)35-31-26-8-4-5-9-27(26)32(37-36-31)38-17-15-21-6-2-3-7-22(21)20-38/h4-5,8-14,16,18-19,21-22H,2-3,6-7,15,17,20H2,1H3,(H,35,36)/t21-,22+/m1/s1. The Morgan fingerprint density at radius 1 is 0.850 bits per heavy atom. The van der Waals surface area contributed by atoms with E-state index in [0.717, 1.165) is 53.0 Å². The van der Waals surface area contributed by atoms with Crippen LogP contribution in [0, 0.1) is 11.8 Å². The lowest BCUT2D eigenvalue weighted by Gasteiger charge is -2.41. The van der Waals surface area contributed by atoms with Gasteiger partial charge in [0.25, 0.3) is 0 Å². The number of aromatic nitrogens is 4. The van der Waals surface area contributed by atoms with Crippen LogP contribution in [0.2, 0.25) is 0 Å². The summed E-state index contributed by atoms with van der Waals surface area (Å²) in [5.41, 5.74) is 2.30. The van der Waals surface area contributed by atoms with Gasteiger partial charge in [0.15, 0.2) is 17.4 Å². The first-order valence-corrected chi connectivity index (χ1v) is 14.1. The van der Waals surface area contributed by atoms with Crippen molar-refractivity contribution in [2.75, 3.05) is 30.4 Å². The normalized spacial score (nSPS) is 18.9. The van der Waals surface area contributed by atoms with Gasteiger partial charge < -0.3 is 19.7 Å². The quantitative estimate of drug-likeness (QED) is 0.247. The Hall–Kier alpha value is -4.46. The van der Waals surface area contributed by atoms with Crippen LogP contribution in [-0.4, -0.2) is 40.4 Å². The second-order valence-corrected chi connectivity index (χ2v) is 10.8. The highest BCUT2D eigenvalue weighted by atomic mass is 16.5. The molecule has 1 aliphatic heterocycles. The molecule has 4 heterocycles. The summed E-state index contributed by atoms with van der Waals surface area (Å²) in [7, 11) is 1.61. The van der Waals surface area contributed by atoms with Gasteiger partial charge in [-0.25, -0.2) is 4.98 Å². The molecule has 0 bridgehead atoms. The van der Waals surface area contributed by atoms with Crippen molar-refractivity contribution < 1.29 is 9.47 Å². The number of piperidine rings is 1. The molecular weight excluding hydrogens is 500 g/mol. The van der Waals surface area contributed by atoms with E-state index in [0.29, 0.717) is 28.3 Å². The fourth-order valence-electron chi connectivity index (χ4n) is 6.26. The van der Waals surface area contributed by atoms with Crippen LogP contribution in [0.3, 0.4) is 0 Å². The molecule has 2 aliphatic rings. The third-order valence-corrected chi connectivity index (χ3v) is 8.35. The first kappa shape index (κ1) is 24.6. The van der Waals surface area contributed by atoms with Crippen LogP contribution in [0.5, 0.6) is 17.2 Å². The van der Waals surface area contributed by atoms with Gasteiger partial charge in [-0.05, 0) is 48.9 Å². The van der Waals surface area contributed by atoms with Gasteiger partial charge in [-0.15, -0.1) is 10.2 Å². The number of pyridine rings is 2. The predicted molar refractivity (Wildman–Crippen MR) is 158 cm³/mol. The van der Waals surface area contributed by atoms with Crippen molar-refractivity contribution in [2.45, 2.75) is 32.1 Å². The lowest BCUT2D eigenvalue weighted by Crippen LogP contribution is -2.42. The molecule has 8 heteroatoms. The number of nitrogens with one attached hydrogen (secondary N) is 1. The summed E-state index contributed by atoms with van der Waals surface area (Å²) in [6.45, 7) is 2.15. The second kappa shape index (κ2) is 10.6. The Labute approximate surface area is 233 Å². The third kappa shape index (κ3) is 4.74. The number of fused-ring (bicyclic) bond motifs is 3. The molecule has 1 N–H and O–H groups in total. The number of anilines is 3. The molecule has 1 saturated carbocycles. The van der Waals surface area contributed by atoms with E-state index in [9.17, 15) is 0 Å². The molecule has 2 fully saturated rings. The van der Waals surface area contributed by atoms with Crippen LogP contribution in [0.25, 0.3) is 21.8 Å². The number of hydrogen-bond acceptors (Lipinski definition) is 8. The lowest BCUT2D eigenvalue weighted by atomic mass is 9.75. The number of benzene rings is 2. The van der Waals surface area contributed by atoms with E-state index in [1.165, 1.54) is 32.1 Å². The molecule has 8 nitrogen and oxygen atoms in total. The van der Waals surface area contributed by atoms with Crippen LogP contribution in [0.4, 0.5) is 17.3 Å². The van der Waals surface area contributed by atoms with Crippen LogP contribution >= 0.6 is 0 Å². The first-order valence-electron chi connectivity index (χ1n) is 14.1. The Bertz CT molecular complexity index is 1660. The van der Waals surface area contributed by atoms with Gasteiger partial charge in [0.05, 0.1) is 18.8 Å². The molecule has 1 aliphatic carbocycles. The summed E-state index contributed by atoms with van der Waals surface area (Å²) < 4.78 is 11.4. The largest absolute Gasteiger partial charge is 0.495 e. The number of ether oxygens (including phenoxy) is 2. The third-order valence-electron chi connectivity index (χ3n) is 8.35. The summed E-state index contributed by atoms with van der Waals surface area (Å²) in [5, 5.41) is 15.1. The van der Waals surface area contributed by atoms with E-state index in [4.69, 9.17) is 14.6 Å². The summed E-state index contributed by atoms with van der Waals surface area (Å²) in [6, 6.07) is 19.9. The van der Waals surface area contributed by atoms with Crippen LogP contribution in [0.1, 0.15) is 32.1 Å². The zero-order valence-electron chi connectivity index (χ0n) is 22.6. The number of hydrogen-bond donors (Lipinski definition) is 1. The molecule has 1 saturated heterocycles. The molecule has 3 aromatic heterocycles. The summed E-state index contributed by atoms with van der Waals surface area (Å²) >= 11 is 0. The number of methoxy groups -OCH3 is 1. The SMILES string of the molecule is COc1cnc2c(Oc3ccc(Nc4nnc(N5CC[C@H]6CCCC[C@H]6C5)c5ccccc45)cc3)ccnc2c1. The maximum Gasteiger partial charge on any atom is 0.161 e. The summed E-state index contributed by atoms with van der Waals surface area (Å²) in [5.74, 6) is 5.42. The van der Waals surface area contributed by atoms with E-state index < -0.39 is 0 Å². The molecule has 0 unspecified atom stereocenters. The lowest BCUT2D eigenvalue weighted by molar-refractivity contribution is 0.202. The first-order chi connectivity index (χ1) is 19.7. The van der Waals surface area contributed by atoms with E-state index in [2.05, 4.69) is 49.5 Å². The van der Waals surface area contributed by atoms with Gasteiger partial charge in [0.1, 0.15) is 17.0 Å². The smallest absolute Gasteiger partial charge is 0.161 e. The maximum absolute atomic E-state index is 6.16. The molecule has 2 aromatic carbocycles. The molecule has 0 radical (unpaired) electrons. The fraction of sp³-hybridized carbons (Fsp3) is 0.312. The Balaban J connectivity index is 1.10. The van der Waals surface area contributed by atoms with Crippen molar-refractivity contribution in [1.29, 1.82) is 0 Å². The van der Waals surface area contributed by atoms with Gasteiger partial charge in [-0.3, -0.25) is 4.98 Å². The Morgan fingerprint density at radius 3 is 2.52 bits per heavy atom. The van der Waals surface area contributed by atoms with Crippen molar-refractivity contribution in [3.63, 3.8) is 0 Å². The average Bonchev–Trinajstić information content (AvgIpc) is 3.02. The van der Waals surface area contributed by atoms with Crippen molar-refractivity contribution in [1.82, 2.24) is 20.2 Å². The Morgan fingerprint density at radius 2 is 1.68 bits per heavy atom. The van der Waals surface area contributed by atoms with Crippen LogP contribution < -0.4 is 19.7 Å². The zero-order chi connectivity index (χ0) is 26.9. The highest BCUT2D eigenvalue weighted by Gasteiger charge is 2.32. The average molecular weight is 533 g/mol. The van der Waals surface area contributed by atoms with Crippen molar-refractivity contribution in [2.24, 2.45) is 11.8 Å². The minimum atomic E-state index is 0.637. The second-order valence-electron chi connectivity index (χ2n) is 10.8. The molecule has 5 aromatic rings. The Kier molecular flexibility index (Phi) is 6.51. The van der Waals surface area contributed by atoms with Crippen molar-refractivity contribution >= 4 is 39.1 Å². The highest BCUT2D eigenvalue weighted by molar-refractivity contribution is 5.99. The van der Waals surface area contributed by atoms with Crippen molar-refractivity contribution in [3.05, 3.63) is 73.1 Å². The molecule has 2 atom stereocenters. The van der Waals surface area contributed by atoms with Crippen molar-refractivity contribution in [3.8, 4) is 17.2 Å². The van der Waals surface area contributed by atoms with Gasteiger partial charge in [0, 0.05) is 47.9 Å². The molecule has 0 spiro atoms. The molecule has 40 heavy (non-hydrogen) atoms. The maximum atomic E-state index is 6.16. The molecule has 0 amide bonds. The highest BCUT2D eigenvalue weighted by Crippen LogP contribution is 2.39. The van der Waals surface area contributed by atoms with Gasteiger partial charge in [0.2, 0.25) is 0 Å². The summed E-state index contributed by atoms with van der Waals surface area (Å²) in [4.78, 5) is 11.3. The number of nitrogens with zero attached hydrogens (tertiary/aromatic N) is 5. The minimum absolute atomic E-state index is 0.637. The van der Waals surface area contributed by atoms with Crippen LogP contribution in [-0.2, 0) is 0 Å². The molecule has 202 valence electrons. The monoisotopic (exact) mass is 532 g/mol. The van der Waals surface area contributed by atoms with Gasteiger partial charge in [-0.2, -0.15) is 0 Å². The van der Waals surface area contributed by atoms with Gasteiger partial charge in [-0.1, -0.05) is 43.5 Å².